The Morgan fingerprint density at radius 2 is 1.62 bits per heavy atom. The Morgan fingerprint density at radius 3 is 2.25 bits per heavy atom. The second-order valence-electron chi connectivity index (χ2n) is 6.35. The average Bonchev–Trinajstić information content (AvgIpc) is 2.60. The molecule has 2 atom stereocenters. The molecular formula is C20H27N2O2+. The lowest BCUT2D eigenvalue weighted by molar-refractivity contribution is -0.718. The number of carbonyl (C=O) groups is 1. The molecule has 0 saturated heterocycles. The van der Waals surface area contributed by atoms with Crippen LogP contribution < -0.4 is 15.4 Å². The van der Waals surface area contributed by atoms with Crippen molar-refractivity contribution in [2.24, 2.45) is 5.92 Å². The van der Waals surface area contributed by atoms with E-state index in [0.29, 0.717) is 17.4 Å². The van der Waals surface area contributed by atoms with Crippen molar-refractivity contribution in [3.8, 4) is 5.75 Å². The smallest absolute Gasteiger partial charge is 0.282 e. The van der Waals surface area contributed by atoms with Crippen LogP contribution in [0.1, 0.15) is 32.4 Å². The number of nitrogens with one attached hydrogen (secondary N) is 1. The van der Waals surface area contributed by atoms with Gasteiger partial charge < -0.3 is 15.4 Å². The van der Waals surface area contributed by atoms with Crippen molar-refractivity contribution < 1.29 is 14.8 Å². The molecule has 0 aromatic heterocycles. The number of para-hydroxylation sites is 2. The van der Waals surface area contributed by atoms with Gasteiger partial charge in [0.2, 0.25) is 0 Å². The number of hydrogen-bond acceptors (Lipinski definition) is 2. The number of hydrogen-bond donors (Lipinski definition) is 2. The largest absolute Gasteiger partial charge is 0.495 e. The van der Waals surface area contributed by atoms with E-state index in [1.54, 1.807) is 7.11 Å². The maximum absolute atomic E-state index is 12.6. The summed E-state index contributed by atoms with van der Waals surface area (Å²) in [5.41, 5.74) is 1.94. The molecule has 0 aliphatic rings. The highest BCUT2D eigenvalue weighted by Crippen LogP contribution is 2.23. The van der Waals surface area contributed by atoms with Crippen molar-refractivity contribution in [1.29, 1.82) is 0 Å². The van der Waals surface area contributed by atoms with Gasteiger partial charge in [0.25, 0.3) is 5.91 Å². The first-order valence-corrected chi connectivity index (χ1v) is 8.36. The van der Waals surface area contributed by atoms with E-state index in [1.807, 2.05) is 49.4 Å². The first kappa shape index (κ1) is 18.0. The van der Waals surface area contributed by atoms with Crippen LogP contribution in [0.2, 0.25) is 0 Å². The van der Waals surface area contributed by atoms with Crippen LogP contribution in [0, 0.1) is 5.92 Å². The van der Waals surface area contributed by atoms with Crippen molar-refractivity contribution in [3.63, 3.8) is 0 Å². The molecule has 4 nitrogen and oxygen atoms in total. The van der Waals surface area contributed by atoms with E-state index >= 15 is 0 Å². The molecular weight excluding hydrogens is 300 g/mol. The fourth-order valence-corrected chi connectivity index (χ4v) is 2.79. The monoisotopic (exact) mass is 327 g/mol. The van der Waals surface area contributed by atoms with Gasteiger partial charge >= 0.3 is 0 Å². The Kier molecular flexibility index (Phi) is 6.38. The molecule has 0 aliphatic carbocycles. The molecule has 0 bridgehead atoms. The summed E-state index contributed by atoms with van der Waals surface area (Å²) < 4.78 is 5.29. The Balaban J connectivity index is 2.07. The molecule has 2 aromatic carbocycles. The average molecular weight is 327 g/mol. The van der Waals surface area contributed by atoms with Gasteiger partial charge in [-0.1, -0.05) is 56.3 Å². The molecule has 0 saturated carbocycles. The summed E-state index contributed by atoms with van der Waals surface area (Å²) in [6.45, 7) is 6.29. The van der Waals surface area contributed by atoms with Gasteiger partial charge in [-0.15, -0.1) is 0 Å². The van der Waals surface area contributed by atoms with Gasteiger partial charge in [-0.3, -0.25) is 4.79 Å². The minimum absolute atomic E-state index is 0.0268. The summed E-state index contributed by atoms with van der Waals surface area (Å²) in [5, 5.41) is 5.09. The molecule has 4 heteroatoms. The highest BCUT2D eigenvalue weighted by molar-refractivity contribution is 5.94. The van der Waals surface area contributed by atoms with Gasteiger partial charge in [-0.05, 0) is 19.1 Å². The van der Waals surface area contributed by atoms with Crippen LogP contribution in [0.3, 0.4) is 0 Å². The number of anilines is 1. The summed E-state index contributed by atoms with van der Waals surface area (Å²) in [6.07, 6.45) is 0. The topological polar surface area (TPSA) is 54.9 Å². The van der Waals surface area contributed by atoms with Crippen LogP contribution in [-0.2, 0) is 4.79 Å². The highest BCUT2D eigenvalue weighted by Gasteiger charge is 2.26. The molecule has 24 heavy (non-hydrogen) atoms. The summed E-state index contributed by atoms with van der Waals surface area (Å²) in [5.74, 6) is 1.07. The predicted molar refractivity (Wildman–Crippen MR) is 97.0 cm³/mol. The predicted octanol–water partition coefficient (Wildman–Crippen LogP) is 2.98. The molecule has 2 aromatic rings. The number of nitrogens with two attached hydrogens (primary N) is 1. The van der Waals surface area contributed by atoms with Crippen LogP contribution >= 0.6 is 0 Å². The molecule has 0 spiro atoms. The molecule has 1 amide bonds. The molecule has 0 heterocycles. The number of methoxy groups -OCH3 is 1. The Morgan fingerprint density at radius 1 is 1.00 bits per heavy atom. The zero-order valence-electron chi connectivity index (χ0n) is 14.8. The van der Waals surface area contributed by atoms with E-state index < -0.39 is 0 Å². The van der Waals surface area contributed by atoms with Crippen molar-refractivity contribution in [2.75, 3.05) is 12.4 Å². The second-order valence-corrected chi connectivity index (χ2v) is 6.35. The van der Waals surface area contributed by atoms with Crippen LogP contribution in [-0.4, -0.2) is 19.1 Å². The van der Waals surface area contributed by atoms with Crippen molar-refractivity contribution in [1.82, 2.24) is 0 Å². The Hall–Kier alpha value is -2.33. The molecule has 0 aliphatic heterocycles. The molecule has 0 fully saturated rings. The van der Waals surface area contributed by atoms with Gasteiger partial charge in [-0.2, -0.15) is 0 Å². The number of rotatable bonds is 7. The SMILES string of the molecule is COc1ccccc1NC(=O)[C@@H](C)[NH2+][C@H](c1ccccc1)C(C)C. The zero-order valence-corrected chi connectivity index (χ0v) is 14.8. The number of carbonyl (C=O) groups excluding carboxylic acids is 1. The Labute approximate surface area is 144 Å². The van der Waals surface area contributed by atoms with Crippen LogP contribution in [0.15, 0.2) is 54.6 Å². The van der Waals surface area contributed by atoms with Gasteiger partial charge in [-0.25, -0.2) is 0 Å². The Bertz CT molecular complexity index is 656. The number of ether oxygens (including phenoxy) is 1. The fraction of sp³-hybridized carbons (Fsp3) is 0.350. The summed E-state index contributed by atoms with van der Waals surface area (Å²) >= 11 is 0. The minimum atomic E-state index is -0.206. The van der Waals surface area contributed by atoms with E-state index in [2.05, 4.69) is 36.6 Å². The van der Waals surface area contributed by atoms with Crippen molar-refractivity contribution in [2.45, 2.75) is 32.9 Å². The molecule has 0 radical (unpaired) electrons. The van der Waals surface area contributed by atoms with Crippen LogP contribution in [0.4, 0.5) is 5.69 Å². The van der Waals surface area contributed by atoms with Crippen molar-refractivity contribution in [3.05, 3.63) is 60.2 Å². The first-order valence-electron chi connectivity index (χ1n) is 8.36. The minimum Gasteiger partial charge on any atom is -0.495 e. The maximum atomic E-state index is 12.6. The van der Waals surface area contributed by atoms with E-state index in [9.17, 15) is 4.79 Å². The first-order chi connectivity index (χ1) is 11.5. The van der Waals surface area contributed by atoms with E-state index in [-0.39, 0.29) is 18.0 Å². The fourth-order valence-electron chi connectivity index (χ4n) is 2.79. The van der Waals surface area contributed by atoms with E-state index in [4.69, 9.17) is 4.74 Å². The lowest BCUT2D eigenvalue weighted by atomic mass is 9.95. The van der Waals surface area contributed by atoms with Gasteiger partial charge in [0.05, 0.1) is 12.8 Å². The molecule has 2 rings (SSSR count). The number of quaternary nitrogens is 1. The molecule has 0 unspecified atom stereocenters. The third-order valence-corrected chi connectivity index (χ3v) is 4.18. The third kappa shape index (κ3) is 4.59. The van der Waals surface area contributed by atoms with Crippen molar-refractivity contribution >= 4 is 11.6 Å². The van der Waals surface area contributed by atoms with Crippen LogP contribution in [0.5, 0.6) is 5.75 Å². The van der Waals surface area contributed by atoms with Crippen LogP contribution in [0.25, 0.3) is 0 Å². The van der Waals surface area contributed by atoms with Gasteiger partial charge in [0.15, 0.2) is 6.04 Å². The summed E-state index contributed by atoms with van der Waals surface area (Å²) in [7, 11) is 1.60. The molecule has 3 N–H and O–H groups in total. The standard InChI is InChI=1S/C20H26N2O2/c1-14(2)19(16-10-6-5-7-11-16)21-15(3)20(23)22-17-12-8-9-13-18(17)24-4/h5-15,19,21H,1-4H3,(H,22,23)/p+1/t15-,19+/m1/s1. The van der Waals surface area contributed by atoms with Gasteiger partial charge in [0.1, 0.15) is 11.8 Å². The lowest BCUT2D eigenvalue weighted by Crippen LogP contribution is -2.93. The third-order valence-electron chi connectivity index (χ3n) is 4.18. The number of benzene rings is 2. The number of amides is 1. The van der Waals surface area contributed by atoms with E-state index in [1.165, 1.54) is 5.56 Å². The van der Waals surface area contributed by atoms with Gasteiger partial charge in [0, 0.05) is 11.5 Å². The zero-order chi connectivity index (χ0) is 17.5. The highest BCUT2D eigenvalue weighted by atomic mass is 16.5. The summed E-state index contributed by atoms with van der Waals surface area (Å²) in [4.78, 5) is 12.6. The summed E-state index contributed by atoms with van der Waals surface area (Å²) in [6, 6.07) is 17.8. The normalized spacial score (nSPS) is 13.4. The van der Waals surface area contributed by atoms with E-state index in [0.717, 1.165) is 0 Å². The quantitative estimate of drug-likeness (QED) is 0.821. The lowest BCUT2D eigenvalue weighted by Gasteiger charge is -2.23. The maximum Gasteiger partial charge on any atom is 0.282 e. The second kappa shape index (κ2) is 8.50. The molecule has 128 valence electrons.